The lowest BCUT2D eigenvalue weighted by Crippen LogP contribution is -2.27. The quantitative estimate of drug-likeness (QED) is 0.830. The van der Waals surface area contributed by atoms with E-state index in [1.54, 1.807) is 43.7 Å². The Bertz CT molecular complexity index is 682. The molecule has 23 heavy (non-hydrogen) atoms. The Hall–Kier alpha value is -2.45. The highest BCUT2D eigenvalue weighted by atomic mass is 32.1. The van der Waals surface area contributed by atoms with Gasteiger partial charge in [-0.1, -0.05) is 0 Å². The number of benzene rings is 1. The molecule has 122 valence electrons. The number of carbonyl (C=O) groups is 2. The van der Waals surface area contributed by atoms with Crippen molar-refractivity contribution < 1.29 is 14.3 Å². The normalized spacial score (nSPS) is 10.2. The average Bonchev–Trinajstić information content (AvgIpc) is 3.03. The molecule has 0 aliphatic heterocycles. The Morgan fingerprint density at radius 3 is 2.57 bits per heavy atom. The van der Waals surface area contributed by atoms with E-state index < -0.39 is 0 Å². The standard InChI is InChI=1S/C15H18N4O3S/c1-19(2)14(20)8-22-11-5-3-10(4-6-11)17-15(21)12-9-23-13(7-16)18-12/h3-6,9H,7-8,16H2,1-2H3,(H,17,21). The van der Waals surface area contributed by atoms with Crippen molar-refractivity contribution in [1.82, 2.24) is 9.88 Å². The van der Waals surface area contributed by atoms with Crippen LogP contribution in [0.3, 0.4) is 0 Å². The number of carbonyl (C=O) groups excluding carboxylic acids is 2. The van der Waals surface area contributed by atoms with Crippen LogP contribution in [-0.2, 0) is 11.3 Å². The third kappa shape index (κ3) is 4.76. The smallest absolute Gasteiger partial charge is 0.275 e. The number of nitrogens with one attached hydrogen (secondary N) is 1. The molecule has 2 aromatic rings. The summed E-state index contributed by atoms with van der Waals surface area (Å²) in [5.41, 5.74) is 6.43. The zero-order valence-corrected chi connectivity index (χ0v) is 13.7. The summed E-state index contributed by atoms with van der Waals surface area (Å²) in [5, 5.41) is 5.12. The van der Waals surface area contributed by atoms with Crippen LogP contribution < -0.4 is 15.8 Å². The van der Waals surface area contributed by atoms with Crippen molar-refractivity contribution in [3.8, 4) is 5.75 Å². The summed E-state index contributed by atoms with van der Waals surface area (Å²) in [6, 6.07) is 6.77. The lowest BCUT2D eigenvalue weighted by atomic mass is 10.3. The molecular formula is C15H18N4O3S. The molecule has 0 atom stereocenters. The molecule has 0 spiro atoms. The molecule has 2 amide bonds. The van der Waals surface area contributed by atoms with E-state index in [1.807, 2.05) is 0 Å². The number of hydrogen-bond donors (Lipinski definition) is 2. The molecule has 0 unspecified atom stereocenters. The number of hydrogen-bond acceptors (Lipinski definition) is 6. The molecule has 1 aromatic carbocycles. The minimum atomic E-state index is -0.294. The van der Waals surface area contributed by atoms with Crippen LogP contribution in [0.25, 0.3) is 0 Å². The monoisotopic (exact) mass is 334 g/mol. The first-order chi connectivity index (χ1) is 11.0. The van der Waals surface area contributed by atoms with Crippen LogP contribution in [-0.4, -0.2) is 42.4 Å². The van der Waals surface area contributed by atoms with E-state index in [4.69, 9.17) is 10.5 Å². The van der Waals surface area contributed by atoms with E-state index in [0.717, 1.165) is 0 Å². The number of rotatable bonds is 6. The van der Waals surface area contributed by atoms with Crippen LogP contribution in [0.5, 0.6) is 5.75 Å². The first-order valence-electron chi connectivity index (χ1n) is 6.88. The Kier molecular flexibility index (Phi) is 5.67. The van der Waals surface area contributed by atoms with Crippen LogP contribution in [0.2, 0.25) is 0 Å². The summed E-state index contributed by atoms with van der Waals surface area (Å²) in [6.07, 6.45) is 0. The van der Waals surface area contributed by atoms with Crippen LogP contribution in [0, 0.1) is 0 Å². The van der Waals surface area contributed by atoms with Crippen molar-refractivity contribution in [2.75, 3.05) is 26.0 Å². The molecule has 2 rings (SSSR count). The van der Waals surface area contributed by atoms with Gasteiger partial charge in [-0.15, -0.1) is 11.3 Å². The van der Waals surface area contributed by atoms with E-state index in [9.17, 15) is 9.59 Å². The molecule has 0 saturated carbocycles. The second-order valence-corrected chi connectivity index (χ2v) is 5.83. The number of nitrogens with zero attached hydrogens (tertiary/aromatic N) is 2. The molecule has 1 heterocycles. The van der Waals surface area contributed by atoms with Crippen molar-refractivity contribution in [3.05, 3.63) is 40.3 Å². The zero-order valence-electron chi connectivity index (χ0n) is 12.9. The molecular weight excluding hydrogens is 316 g/mol. The zero-order chi connectivity index (χ0) is 16.8. The average molecular weight is 334 g/mol. The van der Waals surface area contributed by atoms with E-state index in [1.165, 1.54) is 16.2 Å². The molecule has 7 nitrogen and oxygen atoms in total. The van der Waals surface area contributed by atoms with Gasteiger partial charge in [0.05, 0.1) is 0 Å². The first-order valence-corrected chi connectivity index (χ1v) is 7.76. The van der Waals surface area contributed by atoms with Gasteiger partial charge in [0.25, 0.3) is 11.8 Å². The summed E-state index contributed by atoms with van der Waals surface area (Å²) < 4.78 is 5.36. The van der Waals surface area contributed by atoms with Crippen LogP contribution >= 0.6 is 11.3 Å². The number of aromatic nitrogens is 1. The first kappa shape index (κ1) is 16.9. The Labute approximate surface area is 138 Å². The fourth-order valence-corrected chi connectivity index (χ4v) is 2.27. The van der Waals surface area contributed by atoms with Gasteiger partial charge in [0.1, 0.15) is 16.5 Å². The molecule has 8 heteroatoms. The predicted octanol–water partition coefficient (Wildman–Crippen LogP) is 1.32. The summed E-state index contributed by atoms with van der Waals surface area (Å²) in [7, 11) is 3.33. The minimum Gasteiger partial charge on any atom is -0.484 e. The molecule has 0 bridgehead atoms. The third-order valence-electron chi connectivity index (χ3n) is 2.93. The topological polar surface area (TPSA) is 97.5 Å². The number of amides is 2. The Morgan fingerprint density at radius 1 is 1.30 bits per heavy atom. The van der Waals surface area contributed by atoms with Gasteiger partial charge in [-0.2, -0.15) is 0 Å². The van der Waals surface area contributed by atoms with Crippen molar-refractivity contribution in [3.63, 3.8) is 0 Å². The summed E-state index contributed by atoms with van der Waals surface area (Å²) in [4.78, 5) is 29.0. The number of likely N-dealkylation sites (N-methyl/N-ethyl adjacent to an activating group) is 1. The number of anilines is 1. The largest absolute Gasteiger partial charge is 0.484 e. The number of ether oxygens (including phenoxy) is 1. The third-order valence-corrected chi connectivity index (χ3v) is 3.80. The van der Waals surface area contributed by atoms with Gasteiger partial charge in [-0.3, -0.25) is 9.59 Å². The summed E-state index contributed by atoms with van der Waals surface area (Å²) in [5.74, 6) is 0.135. The van der Waals surface area contributed by atoms with Crippen molar-refractivity contribution in [2.45, 2.75) is 6.54 Å². The van der Waals surface area contributed by atoms with Gasteiger partial charge in [0.2, 0.25) is 0 Å². The molecule has 0 saturated heterocycles. The van der Waals surface area contributed by atoms with Crippen LogP contribution in [0.1, 0.15) is 15.5 Å². The second-order valence-electron chi connectivity index (χ2n) is 4.89. The van der Waals surface area contributed by atoms with Gasteiger partial charge in [-0.25, -0.2) is 4.98 Å². The van der Waals surface area contributed by atoms with Gasteiger partial charge < -0.3 is 20.7 Å². The highest BCUT2D eigenvalue weighted by Gasteiger charge is 2.11. The lowest BCUT2D eigenvalue weighted by molar-refractivity contribution is -0.130. The van der Waals surface area contributed by atoms with E-state index in [0.29, 0.717) is 28.7 Å². The van der Waals surface area contributed by atoms with Crippen molar-refractivity contribution in [1.29, 1.82) is 0 Å². The number of nitrogens with two attached hydrogens (primary N) is 1. The maximum atomic E-state index is 12.0. The Balaban J connectivity index is 1.91. The van der Waals surface area contributed by atoms with E-state index >= 15 is 0 Å². The summed E-state index contributed by atoms with van der Waals surface area (Å²) >= 11 is 1.35. The van der Waals surface area contributed by atoms with Crippen LogP contribution in [0.15, 0.2) is 29.6 Å². The lowest BCUT2D eigenvalue weighted by Gasteiger charge is -2.11. The minimum absolute atomic E-state index is 0.0284. The maximum absolute atomic E-state index is 12.0. The SMILES string of the molecule is CN(C)C(=O)COc1ccc(NC(=O)c2csc(CN)n2)cc1. The van der Waals surface area contributed by atoms with Crippen molar-refractivity contribution in [2.24, 2.45) is 5.73 Å². The number of thiazole rings is 1. The fraction of sp³-hybridized carbons (Fsp3) is 0.267. The van der Waals surface area contributed by atoms with Gasteiger partial charge >= 0.3 is 0 Å². The van der Waals surface area contributed by atoms with E-state index in [2.05, 4.69) is 10.3 Å². The van der Waals surface area contributed by atoms with Gasteiger partial charge in [0.15, 0.2) is 6.61 Å². The second kappa shape index (κ2) is 7.70. The van der Waals surface area contributed by atoms with Gasteiger partial charge in [0, 0.05) is 31.7 Å². The molecule has 1 aromatic heterocycles. The van der Waals surface area contributed by atoms with Crippen molar-refractivity contribution >= 4 is 28.8 Å². The highest BCUT2D eigenvalue weighted by Crippen LogP contribution is 2.17. The van der Waals surface area contributed by atoms with Gasteiger partial charge in [-0.05, 0) is 24.3 Å². The fourth-order valence-electron chi connectivity index (χ4n) is 1.61. The molecule has 0 aliphatic rings. The molecule has 0 radical (unpaired) electrons. The molecule has 0 aliphatic carbocycles. The summed E-state index contributed by atoms with van der Waals surface area (Å²) in [6.45, 7) is 0.287. The van der Waals surface area contributed by atoms with E-state index in [-0.39, 0.29) is 18.4 Å². The predicted molar refractivity (Wildman–Crippen MR) is 88.6 cm³/mol. The molecule has 0 fully saturated rings. The molecule has 3 N–H and O–H groups in total. The van der Waals surface area contributed by atoms with Crippen LogP contribution in [0.4, 0.5) is 5.69 Å². The Morgan fingerprint density at radius 2 is 2.00 bits per heavy atom. The maximum Gasteiger partial charge on any atom is 0.275 e. The highest BCUT2D eigenvalue weighted by molar-refractivity contribution is 7.09.